The zero-order chi connectivity index (χ0) is 18.7. The summed E-state index contributed by atoms with van der Waals surface area (Å²) in [5.74, 6) is 0.273. The SMILES string of the molecule is COc1ccc(C2CCCN2C(=O)c2ccc(C(=O)O)cc2)c(OC)c1. The van der Waals surface area contributed by atoms with Gasteiger partial charge in [-0.1, -0.05) is 0 Å². The van der Waals surface area contributed by atoms with Gasteiger partial charge in [-0.25, -0.2) is 4.79 Å². The first-order valence-electron chi connectivity index (χ1n) is 8.41. The van der Waals surface area contributed by atoms with Crippen LogP contribution in [0.3, 0.4) is 0 Å². The van der Waals surface area contributed by atoms with Gasteiger partial charge in [0.2, 0.25) is 0 Å². The Morgan fingerprint density at radius 1 is 1.04 bits per heavy atom. The molecule has 2 aromatic rings. The molecule has 1 amide bonds. The van der Waals surface area contributed by atoms with E-state index in [2.05, 4.69) is 0 Å². The molecule has 1 atom stereocenters. The predicted molar refractivity (Wildman–Crippen MR) is 96.0 cm³/mol. The Morgan fingerprint density at radius 2 is 1.73 bits per heavy atom. The van der Waals surface area contributed by atoms with Crippen LogP contribution in [0.1, 0.15) is 45.2 Å². The fraction of sp³-hybridized carbons (Fsp3) is 0.300. The number of nitrogens with zero attached hydrogens (tertiary/aromatic N) is 1. The molecule has 1 fully saturated rings. The molecular weight excluding hydrogens is 334 g/mol. The van der Waals surface area contributed by atoms with Crippen LogP contribution in [0.4, 0.5) is 0 Å². The van der Waals surface area contributed by atoms with Crippen LogP contribution in [0.15, 0.2) is 42.5 Å². The first-order chi connectivity index (χ1) is 12.5. The summed E-state index contributed by atoms with van der Waals surface area (Å²) in [6.07, 6.45) is 1.75. The normalized spacial score (nSPS) is 16.4. The minimum Gasteiger partial charge on any atom is -0.497 e. The molecule has 1 N–H and O–H groups in total. The molecule has 1 aliphatic heterocycles. The number of hydrogen-bond acceptors (Lipinski definition) is 4. The quantitative estimate of drug-likeness (QED) is 0.890. The summed E-state index contributed by atoms with van der Waals surface area (Å²) in [5.41, 5.74) is 1.59. The lowest BCUT2D eigenvalue weighted by molar-refractivity contribution is 0.0692. The largest absolute Gasteiger partial charge is 0.497 e. The molecule has 0 spiro atoms. The summed E-state index contributed by atoms with van der Waals surface area (Å²) in [6.45, 7) is 0.652. The molecule has 1 unspecified atom stereocenters. The monoisotopic (exact) mass is 355 g/mol. The first kappa shape index (κ1) is 17.8. The van der Waals surface area contributed by atoms with Crippen LogP contribution in [0.5, 0.6) is 11.5 Å². The predicted octanol–water partition coefficient (Wildman–Crippen LogP) is 3.38. The number of rotatable bonds is 5. The zero-order valence-electron chi connectivity index (χ0n) is 14.8. The Kier molecular flexibility index (Phi) is 5.11. The molecular formula is C20H21NO5. The number of carbonyl (C=O) groups is 2. The number of ether oxygens (including phenoxy) is 2. The van der Waals surface area contributed by atoms with Crippen molar-refractivity contribution in [2.45, 2.75) is 18.9 Å². The van der Waals surface area contributed by atoms with Gasteiger partial charge in [0, 0.05) is 23.7 Å². The summed E-state index contributed by atoms with van der Waals surface area (Å²) in [6, 6.07) is 11.6. The first-order valence-corrected chi connectivity index (χ1v) is 8.41. The van der Waals surface area contributed by atoms with Gasteiger partial charge in [-0.3, -0.25) is 4.79 Å². The molecule has 0 aliphatic carbocycles. The van der Waals surface area contributed by atoms with Crippen LogP contribution in [0, 0.1) is 0 Å². The number of methoxy groups -OCH3 is 2. The van der Waals surface area contributed by atoms with Crippen molar-refractivity contribution in [1.82, 2.24) is 4.90 Å². The molecule has 0 aromatic heterocycles. The molecule has 26 heavy (non-hydrogen) atoms. The number of carboxylic acids is 1. The number of amides is 1. The Labute approximate surface area is 152 Å². The zero-order valence-corrected chi connectivity index (χ0v) is 14.8. The number of carboxylic acid groups (broad SMARTS) is 1. The number of aromatic carboxylic acids is 1. The fourth-order valence-corrected chi connectivity index (χ4v) is 3.35. The number of hydrogen-bond donors (Lipinski definition) is 1. The van der Waals surface area contributed by atoms with Crippen LogP contribution in [0.2, 0.25) is 0 Å². The molecule has 0 radical (unpaired) electrons. The Morgan fingerprint density at radius 3 is 2.35 bits per heavy atom. The molecule has 6 heteroatoms. The maximum Gasteiger partial charge on any atom is 0.335 e. The van der Waals surface area contributed by atoms with Crippen molar-refractivity contribution in [3.8, 4) is 11.5 Å². The van der Waals surface area contributed by atoms with Crippen LogP contribution >= 0.6 is 0 Å². The Hall–Kier alpha value is -3.02. The summed E-state index contributed by atoms with van der Waals surface area (Å²) in [4.78, 5) is 25.7. The lowest BCUT2D eigenvalue weighted by Gasteiger charge is -2.26. The molecule has 1 aliphatic rings. The van der Waals surface area contributed by atoms with Gasteiger partial charge in [-0.2, -0.15) is 0 Å². The third-order valence-electron chi connectivity index (χ3n) is 4.69. The summed E-state index contributed by atoms with van der Waals surface area (Å²) >= 11 is 0. The van der Waals surface area contributed by atoms with E-state index in [0.717, 1.165) is 18.4 Å². The Balaban J connectivity index is 1.88. The van der Waals surface area contributed by atoms with E-state index >= 15 is 0 Å². The van der Waals surface area contributed by atoms with E-state index < -0.39 is 5.97 Å². The summed E-state index contributed by atoms with van der Waals surface area (Å²) in [5, 5.41) is 9.00. The van der Waals surface area contributed by atoms with E-state index in [9.17, 15) is 9.59 Å². The second-order valence-electron chi connectivity index (χ2n) is 6.15. The molecule has 136 valence electrons. The molecule has 0 bridgehead atoms. The average Bonchev–Trinajstić information content (AvgIpc) is 3.16. The smallest absolute Gasteiger partial charge is 0.335 e. The van der Waals surface area contributed by atoms with Crippen molar-refractivity contribution in [3.63, 3.8) is 0 Å². The van der Waals surface area contributed by atoms with Crippen LogP contribution in [-0.4, -0.2) is 42.6 Å². The van der Waals surface area contributed by atoms with Gasteiger partial charge < -0.3 is 19.5 Å². The van der Waals surface area contributed by atoms with Crippen molar-refractivity contribution in [3.05, 3.63) is 59.2 Å². The average molecular weight is 355 g/mol. The van der Waals surface area contributed by atoms with Gasteiger partial charge in [-0.05, 0) is 49.2 Å². The number of carbonyl (C=O) groups excluding carboxylic acids is 1. The van der Waals surface area contributed by atoms with Gasteiger partial charge in [-0.15, -0.1) is 0 Å². The van der Waals surface area contributed by atoms with Gasteiger partial charge in [0.25, 0.3) is 5.91 Å². The minimum atomic E-state index is -1.01. The highest BCUT2D eigenvalue weighted by Gasteiger charge is 2.32. The van der Waals surface area contributed by atoms with Crippen molar-refractivity contribution in [2.75, 3.05) is 20.8 Å². The molecule has 1 heterocycles. The second kappa shape index (κ2) is 7.47. The van der Waals surface area contributed by atoms with E-state index in [4.69, 9.17) is 14.6 Å². The van der Waals surface area contributed by atoms with Gasteiger partial charge in [0.1, 0.15) is 11.5 Å². The molecule has 3 rings (SSSR count). The van der Waals surface area contributed by atoms with Gasteiger partial charge in [0.15, 0.2) is 0 Å². The number of benzene rings is 2. The van der Waals surface area contributed by atoms with Crippen molar-refractivity contribution < 1.29 is 24.2 Å². The Bertz CT molecular complexity index is 815. The standard InChI is InChI=1S/C20H21NO5/c1-25-15-9-10-16(18(12-15)26-2)17-4-3-11-21(17)19(22)13-5-7-14(8-6-13)20(23)24/h5-10,12,17H,3-4,11H2,1-2H3,(H,23,24). The molecule has 2 aromatic carbocycles. The van der Waals surface area contributed by atoms with E-state index in [1.54, 1.807) is 26.4 Å². The van der Waals surface area contributed by atoms with Gasteiger partial charge >= 0.3 is 5.97 Å². The second-order valence-corrected chi connectivity index (χ2v) is 6.15. The van der Waals surface area contributed by atoms with E-state index in [-0.39, 0.29) is 17.5 Å². The maximum atomic E-state index is 12.9. The maximum absolute atomic E-state index is 12.9. The van der Waals surface area contributed by atoms with E-state index in [1.165, 1.54) is 12.1 Å². The summed E-state index contributed by atoms with van der Waals surface area (Å²) in [7, 11) is 3.20. The minimum absolute atomic E-state index is 0.0810. The molecule has 0 saturated carbocycles. The number of likely N-dealkylation sites (tertiary alicyclic amines) is 1. The third-order valence-corrected chi connectivity index (χ3v) is 4.69. The lowest BCUT2D eigenvalue weighted by Crippen LogP contribution is -2.30. The fourth-order valence-electron chi connectivity index (χ4n) is 3.35. The van der Waals surface area contributed by atoms with Crippen LogP contribution in [0.25, 0.3) is 0 Å². The van der Waals surface area contributed by atoms with Gasteiger partial charge in [0.05, 0.1) is 25.8 Å². The van der Waals surface area contributed by atoms with Crippen LogP contribution in [-0.2, 0) is 0 Å². The van der Waals surface area contributed by atoms with Crippen molar-refractivity contribution in [1.29, 1.82) is 0 Å². The third kappa shape index (κ3) is 3.35. The van der Waals surface area contributed by atoms with E-state index in [1.807, 2.05) is 23.1 Å². The highest BCUT2D eigenvalue weighted by atomic mass is 16.5. The van der Waals surface area contributed by atoms with E-state index in [0.29, 0.717) is 23.6 Å². The highest BCUT2D eigenvalue weighted by Crippen LogP contribution is 2.39. The highest BCUT2D eigenvalue weighted by molar-refractivity contribution is 5.96. The topological polar surface area (TPSA) is 76.1 Å². The summed E-state index contributed by atoms with van der Waals surface area (Å²) < 4.78 is 10.7. The molecule has 6 nitrogen and oxygen atoms in total. The van der Waals surface area contributed by atoms with Crippen molar-refractivity contribution >= 4 is 11.9 Å². The molecule has 1 saturated heterocycles. The van der Waals surface area contributed by atoms with Crippen LogP contribution < -0.4 is 9.47 Å². The van der Waals surface area contributed by atoms with Crippen molar-refractivity contribution in [2.24, 2.45) is 0 Å². The lowest BCUT2D eigenvalue weighted by atomic mass is 10.0.